The first-order chi connectivity index (χ1) is 9.04. The minimum atomic E-state index is -0.658. The summed E-state index contributed by atoms with van der Waals surface area (Å²) in [4.78, 5) is 23.8. The summed E-state index contributed by atoms with van der Waals surface area (Å²) < 4.78 is 15.4. The molecule has 6 heteroatoms. The number of allylic oxidation sites excluding steroid dienone is 2. The maximum absolute atomic E-state index is 11.9. The molecular weight excluding hydrogens is 252 g/mol. The molecule has 19 heavy (non-hydrogen) atoms. The van der Waals surface area contributed by atoms with Crippen molar-refractivity contribution in [2.24, 2.45) is 0 Å². The number of ketones is 2. The number of carbonyl (C=O) groups excluding carboxylic acids is 2. The quantitative estimate of drug-likeness (QED) is 0.891. The predicted molar refractivity (Wildman–Crippen MR) is 65.5 cm³/mol. The van der Waals surface area contributed by atoms with Gasteiger partial charge in [-0.15, -0.1) is 0 Å². The fraction of sp³-hybridized carbons (Fsp3) is 0.231. The van der Waals surface area contributed by atoms with Crippen LogP contribution < -0.4 is 14.2 Å². The molecule has 0 spiro atoms. The molecule has 1 aromatic carbocycles. The third kappa shape index (κ3) is 1.81. The number of ether oxygens (including phenoxy) is 3. The molecule has 0 atom stereocenters. The summed E-state index contributed by atoms with van der Waals surface area (Å²) in [5.74, 6) is -1.21. The fourth-order valence-electron chi connectivity index (χ4n) is 1.98. The average molecular weight is 264 g/mol. The molecule has 1 aromatic rings. The molecule has 1 aliphatic carbocycles. The van der Waals surface area contributed by atoms with Crippen molar-refractivity contribution in [2.45, 2.75) is 0 Å². The SMILES string of the molecule is COc1cc2c(c(OC)c1OC)C(=O)C=C(O)C2=O. The maximum atomic E-state index is 11.9. The zero-order valence-corrected chi connectivity index (χ0v) is 10.6. The molecule has 0 saturated carbocycles. The molecule has 0 radical (unpaired) electrons. The van der Waals surface area contributed by atoms with Crippen LogP contribution in [0, 0.1) is 0 Å². The lowest BCUT2D eigenvalue weighted by molar-refractivity contribution is 0.0936. The van der Waals surface area contributed by atoms with Crippen LogP contribution in [-0.4, -0.2) is 38.0 Å². The van der Waals surface area contributed by atoms with Crippen LogP contribution in [0.2, 0.25) is 0 Å². The summed E-state index contributed by atoms with van der Waals surface area (Å²) >= 11 is 0. The van der Waals surface area contributed by atoms with Crippen molar-refractivity contribution in [1.82, 2.24) is 0 Å². The van der Waals surface area contributed by atoms with Gasteiger partial charge in [-0.1, -0.05) is 0 Å². The van der Waals surface area contributed by atoms with Crippen LogP contribution in [0.15, 0.2) is 17.9 Å². The molecule has 0 aromatic heterocycles. The largest absolute Gasteiger partial charge is 0.504 e. The standard InChI is InChI=1S/C13H12O6/c1-17-9-4-6-10(13(19-3)12(9)18-2)7(14)5-8(15)11(6)16/h4-5,15H,1-3H3. The number of aliphatic hydroxyl groups is 1. The van der Waals surface area contributed by atoms with Gasteiger partial charge in [0.1, 0.15) is 0 Å². The summed E-state index contributed by atoms with van der Waals surface area (Å²) in [7, 11) is 4.15. The minimum Gasteiger partial charge on any atom is -0.504 e. The number of benzene rings is 1. The van der Waals surface area contributed by atoms with Crippen LogP contribution in [0.1, 0.15) is 20.7 Å². The molecule has 0 fully saturated rings. The third-order valence-corrected chi connectivity index (χ3v) is 2.82. The number of hydrogen-bond acceptors (Lipinski definition) is 6. The van der Waals surface area contributed by atoms with Crippen LogP contribution in [0.5, 0.6) is 17.2 Å². The molecule has 2 rings (SSSR count). The Morgan fingerprint density at radius 1 is 1.00 bits per heavy atom. The van der Waals surface area contributed by atoms with Crippen LogP contribution in [0.25, 0.3) is 0 Å². The van der Waals surface area contributed by atoms with Gasteiger partial charge in [-0.25, -0.2) is 0 Å². The molecule has 0 saturated heterocycles. The van der Waals surface area contributed by atoms with Gasteiger partial charge >= 0.3 is 0 Å². The Morgan fingerprint density at radius 3 is 2.16 bits per heavy atom. The number of aliphatic hydroxyl groups excluding tert-OH is 1. The smallest absolute Gasteiger partial charge is 0.228 e. The highest BCUT2D eigenvalue weighted by Gasteiger charge is 2.32. The normalized spacial score (nSPS) is 13.7. The highest BCUT2D eigenvalue weighted by molar-refractivity contribution is 6.25. The lowest BCUT2D eigenvalue weighted by Crippen LogP contribution is -2.18. The van der Waals surface area contributed by atoms with Gasteiger partial charge < -0.3 is 19.3 Å². The molecule has 1 N–H and O–H groups in total. The average Bonchev–Trinajstić information content (AvgIpc) is 2.42. The van der Waals surface area contributed by atoms with Crippen LogP contribution >= 0.6 is 0 Å². The summed E-state index contributed by atoms with van der Waals surface area (Å²) in [6.07, 6.45) is 0.860. The topological polar surface area (TPSA) is 82.1 Å². The Hall–Kier alpha value is -2.50. The van der Waals surface area contributed by atoms with Gasteiger partial charge in [0.15, 0.2) is 23.0 Å². The predicted octanol–water partition coefficient (Wildman–Crippen LogP) is 1.53. The summed E-state index contributed by atoms with van der Waals surface area (Å²) in [5, 5.41) is 9.43. The van der Waals surface area contributed by atoms with E-state index in [1.165, 1.54) is 27.4 Å². The van der Waals surface area contributed by atoms with Gasteiger partial charge in [0.2, 0.25) is 11.5 Å². The molecule has 0 amide bonds. The third-order valence-electron chi connectivity index (χ3n) is 2.82. The Balaban J connectivity index is 2.82. The van der Waals surface area contributed by atoms with Gasteiger partial charge in [-0.05, 0) is 6.07 Å². The van der Waals surface area contributed by atoms with Gasteiger partial charge in [0.25, 0.3) is 0 Å². The van der Waals surface area contributed by atoms with E-state index in [-0.39, 0.29) is 28.4 Å². The number of hydrogen-bond donors (Lipinski definition) is 1. The van der Waals surface area contributed by atoms with Gasteiger partial charge in [-0.3, -0.25) is 9.59 Å². The summed E-state index contributed by atoms with van der Waals surface area (Å²) in [6, 6.07) is 1.35. The van der Waals surface area contributed by atoms with Gasteiger partial charge in [0.05, 0.1) is 26.9 Å². The Labute approximate surface area is 109 Å². The highest BCUT2D eigenvalue weighted by atomic mass is 16.5. The zero-order chi connectivity index (χ0) is 14.2. The molecule has 0 aliphatic heterocycles. The lowest BCUT2D eigenvalue weighted by Gasteiger charge is -2.19. The minimum absolute atomic E-state index is 0.0273. The van der Waals surface area contributed by atoms with Gasteiger partial charge in [0, 0.05) is 11.6 Å². The maximum Gasteiger partial charge on any atom is 0.228 e. The van der Waals surface area contributed by atoms with E-state index in [4.69, 9.17) is 14.2 Å². The fourth-order valence-corrected chi connectivity index (χ4v) is 1.98. The summed E-state index contributed by atoms with van der Waals surface area (Å²) in [5.41, 5.74) is 0.0856. The molecule has 0 unspecified atom stereocenters. The lowest BCUT2D eigenvalue weighted by atomic mass is 9.92. The zero-order valence-electron chi connectivity index (χ0n) is 10.6. The van der Waals surface area contributed by atoms with Crippen LogP contribution in [-0.2, 0) is 0 Å². The van der Waals surface area contributed by atoms with Gasteiger partial charge in [-0.2, -0.15) is 0 Å². The van der Waals surface area contributed by atoms with Crippen molar-refractivity contribution in [1.29, 1.82) is 0 Å². The molecular formula is C13H12O6. The second-order valence-corrected chi connectivity index (χ2v) is 3.79. The first-order valence-corrected chi connectivity index (χ1v) is 5.37. The highest BCUT2D eigenvalue weighted by Crippen LogP contribution is 2.43. The molecule has 0 heterocycles. The van der Waals surface area contributed by atoms with Crippen molar-refractivity contribution in [3.63, 3.8) is 0 Å². The van der Waals surface area contributed by atoms with Crippen LogP contribution in [0.4, 0.5) is 0 Å². The van der Waals surface area contributed by atoms with E-state index in [0.717, 1.165) is 6.08 Å². The van der Waals surface area contributed by atoms with E-state index >= 15 is 0 Å². The number of rotatable bonds is 3. The van der Waals surface area contributed by atoms with Crippen molar-refractivity contribution in [3.8, 4) is 17.2 Å². The summed E-state index contributed by atoms with van der Waals surface area (Å²) in [6.45, 7) is 0. The number of fused-ring (bicyclic) bond motifs is 1. The second kappa shape index (κ2) is 4.64. The van der Waals surface area contributed by atoms with E-state index in [9.17, 15) is 14.7 Å². The van der Waals surface area contributed by atoms with E-state index < -0.39 is 17.3 Å². The molecule has 1 aliphatic rings. The van der Waals surface area contributed by atoms with E-state index in [1.54, 1.807) is 0 Å². The van der Waals surface area contributed by atoms with E-state index in [2.05, 4.69) is 0 Å². The Bertz CT molecular complexity index is 600. The van der Waals surface area contributed by atoms with E-state index in [0.29, 0.717) is 0 Å². The molecule has 6 nitrogen and oxygen atoms in total. The Kier molecular flexibility index (Phi) is 3.16. The second-order valence-electron chi connectivity index (χ2n) is 3.79. The van der Waals surface area contributed by atoms with E-state index in [1.807, 2.05) is 0 Å². The monoisotopic (exact) mass is 264 g/mol. The first-order valence-electron chi connectivity index (χ1n) is 5.37. The number of methoxy groups -OCH3 is 3. The molecule has 100 valence electrons. The number of Topliss-reactive ketones (excluding diaryl/α,β-unsaturated/α-hetero) is 1. The van der Waals surface area contributed by atoms with Crippen molar-refractivity contribution in [3.05, 3.63) is 29.0 Å². The number of carbonyl (C=O) groups is 2. The van der Waals surface area contributed by atoms with Crippen molar-refractivity contribution in [2.75, 3.05) is 21.3 Å². The van der Waals surface area contributed by atoms with Crippen molar-refractivity contribution >= 4 is 11.6 Å². The Morgan fingerprint density at radius 2 is 1.63 bits per heavy atom. The molecule has 0 bridgehead atoms. The van der Waals surface area contributed by atoms with Crippen LogP contribution in [0.3, 0.4) is 0 Å². The first kappa shape index (κ1) is 12.9. The van der Waals surface area contributed by atoms with Crippen molar-refractivity contribution < 1.29 is 28.9 Å².